The van der Waals surface area contributed by atoms with Gasteiger partial charge in [-0.1, -0.05) is 26.2 Å². The molecule has 1 aliphatic rings. The van der Waals surface area contributed by atoms with E-state index in [0.29, 0.717) is 12.0 Å². The topological polar surface area (TPSA) is 32.3 Å². The van der Waals surface area contributed by atoms with Crippen molar-refractivity contribution in [2.75, 3.05) is 6.54 Å². The quantitative estimate of drug-likeness (QED) is 0.711. The first kappa shape index (κ1) is 13.0. The molecule has 0 aromatic heterocycles. The standard InChI is InChI=1S/C13H27NO/c1-4-7-11(2)14-10-13(3,15)12-8-5-6-9-12/h11-12,14-15H,4-10H2,1-3H3. The van der Waals surface area contributed by atoms with Crippen LogP contribution < -0.4 is 5.32 Å². The molecule has 0 aromatic rings. The van der Waals surface area contributed by atoms with Gasteiger partial charge in [0.25, 0.3) is 0 Å². The summed E-state index contributed by atoms with van der Waals surface area (Å²) in [5, 5.41) is 13.8. The molecule has 1 rings (SSSR count). The number of hydrogen-bond acceptors (Lipinski definition) is 2. The van der Waals surface area contributed by atoms with Crippen molar-refractivity contribution >= 4 is 0 Å². The zero-order chi connectivity index (χ0) is 11.3. The predicted octanol–water partition coefficient (Wildman–Crippen LogP) is 2.71. The first-order valence-electron chi connectivity index (χ1n) is 6.52. The molecule has 0 aromatic carbocycles. The number of hydrogen-bond donors (Lipinski definition) is 2. The van der Waals surface area contributed by atoms with Crippen LogP contribution in [0.3, 0.4) is 0 Å². The highest BCUT2D eigenvalue weighted by Gasteiger charge is 2.33. The van der Waals surface area contributed by atoms with Crippen LogP contribution >= 0.6 is 0 Å². The van der Waals surface area contributed by atoms with Gasteiger partial charge in [0.2, 0.25) is 0 Å². The Morgan fingerprint density at radius 1 is 1.40 bits per heavy atom. The minimum absolute atomic E-state index is 0.501. The smallest absolute Gasteiger partial charge is 0.0771 e. The molecule has 90 valence electrons. The second-order valence-electron chi connectivity index (χ2n) is 5.41. The van der Waals surface area contributed by atoms with Gasteiger partial charge in [0.15, 0.2) is 0 Å². The van der Waals surface area contributed by atoms with Gasteiger partial charge in [-0.3, -0.25) is 0 Å². The first-order valence-corrected chi connectivity index (χ1v) is 6.52. The largest absolute Gasteiger partial charge is 0.389 e. The van der Waals surface area contributed by atoms with E-state index in [1.54, 1.807) is 0 Å². The fraction of sp³-hybridized carbons (Fsp3) is 1.00. The van der Waals surface area contributed by atoms with E-state index in [2.05, 4.69) is 19.2 Å². The van der Waals surface area contributed by atoms with E-state index in [0.717, 1.165) is 6.54 Å². The molecule has 2 unspecified atom stereocenters. The van der Waals surface area contributed by atoms with E-state index in [1.165, 1.54) is 38.5 Å². The van der Waals surface area contributed by atoms with Crippen LogP contribution in [0.15, 0.2) is 0 Å². The van der Waals surface area contributed by atoms with Gasteiger partial charge in [0.1, 0.15) is 0 Å². The minimum atomic E-state index is -0.501. The van der Waals surface area contributed by atoms with Crippen molar-refractivity contribution in [3.05, 3.63) is 0 Å². The average Bonchev–Trinajstić information content (AvgIpc) is 2.69. The van der Waals surface area contributed by atoms with Crippen LogP contribution in [0.5, 0.6) is 0 Å². The third-order valence-electron chi connectivity index (χ3n) is 3.76. The van der Waals surface area contributed by atoms with Crippen LogP contribution in [0, 0.1) is 5.92 Å². The molecule has 2 nitrogen and oxygen atoms in total. The van der Waals surface area contributed by atoms with E-state index < -0.39 is 5.60 Å². The van der Waals surface area contributed by atoms with Crippen LogP contribution in [0.1, 0.15) is 59.3 Å². The van der Waals surface area contributed by atoms with Gasteiger partial charge < -0.3 is 10.4 Å². The lowest BCUT2D eigenvalue weighted by Crippen LogP contribution is -2.46. The fourth-order valence-electron chi connectivity index (χ4n) is 2.61. The van der Waals surface area contributed by atoms with Crippen molar-refractivity contribution < 1.29 is 5.11 Å². The maximum Gasteiger partial charge on any atom is 0.0771 e. The fourth-order valence-corrected chi connectivity index (χ4v) is 2.61. The summed E-state index contributed by atoms with van der Waals surface area (Å²) in [6.45, 7) is 7.15. The van der Waals surface area contributed by atoms with Crippen LogP contribution in [-0.4, -0.2) is 23.3 Å². The molecule has 2 N–H and O–H groups in total. The summed E-state index contributed by atoms with van der Waals surface area (Å²) in [5.41, 5.74) is -0.501. The lowest BCUT2D eigenvalue weighted by atomic mass is 9.87. The average molecular weight is 213 g/mol. The minimum Gasteiger partial charge on any atom is -0.389 e. The highest BCUT2D eigenvalue weighted by Crippen LogP contribution is 2.33. The second-order valence-corrected chi connectivity index (χ2v) is 5.41. The van der Waals surface area contributed by atoms with E-state index in [1.807, 2.05) is 6.92 Å². The second kappa shape index (κ2) is 5.86. The molecule has 0 saturated heterocycles. The van der Waals surface area contributed by atoms with Gasteiger partial charge in [-0.2, -0.15) is 0 Å². The summed E-state index contributed by atoms with van der Waals surface area (Å²) in [6, 6.07) is 0.530. The molecule has 1 saturated carbocycles. The third kappa shape index (κ3) is 4.12. The van der Waals surface area contributed by atoms with E-state index in [-0.39, 0.29) is 0 Å². The van der Waals surface area contributed by atoms with E-state index >= 15 is 0 Å². The monoisotopic (exact) mass is 213 g/mol. The molecular weight excluding hydrogens is 186 g/mol. The molecule has 0 radical (unpaired) electrons. The van der Waals surface area contributed by atoms with Crippen LogP contribution in [0.4, 0.5) is 0 Å². The Kier molecular flexibility index (Phi) is 5.07. The SMILES string of the molecule is CCCC(C)NCC(C)(O)C1CCCC1. The summed E-state index contributed by atoms with van der Waals surface area (Å²) in [4.78, 5) is 0. The Morgan fingerprint density at radius 2 is 2.00 bits per heavy atom. The molecule has 0 heterocycles. The molecule has 2 atom stereocenters. The molecule has 0 bridgehead atoms. The number of aliphatic hydroxyl groups is 1. The highest BCUT2D eigenvalue weighted by atomic mass is 16.3. The van der Waals surface area contributed by atoms with E-state index in [9.17, 15) is 5.11 Å². The van der Waals surface area contributed by atoms with Gasteiger partial charge in [0, 0.05) is 12.6 Å². The lowest BCUT2D eigenvalue weighted by Gasteiger charge is -2.31. The molecule has 0 aliphatic heterocycles. The molecule has 0 amide bonds. The van der Waals surface area contributed by atoms with Gasteiger partial charge in [0.05, 0.1) is 5.60 Å². The van der Waals surface area contributed by atoms with E-state index in [4.69, 9.17) is 0 Å². The summed E-state index contributed by atoms with van der Waals surface area (Å²) in [6.07, 6.45) is 7.41. The maximum atomic E-state index is 10.4. The Morgan fingerprint density at radius 3 is 2.53 bits per heavy atom. The van der Waals surface area contributed by atoms with Crippen LogP contribution in [0.25, 0.3) is 0 Å². The molecule has 1 fully saturated rings. The Hall–Kier alpha value is -0.0800. The zero-order valence-corrected chi connectivity index (χ0v) is 10.6. The highest BCUT2D eigenvalue weighted by molar-refractivity contribution is 4.87. The van der Waals surface area contributed by atoms with Crippen molar-refractivity contribution in [2.24, 2.45) is 5.92 Å². The Balaban J connectivity index is 2.28. The van der Waals surface area contributed by atoms with Crippen molar-refractivity contribution in [1.82, 2.24) is 5.32 Å². The first-order chi connectivity index (χ1) is 7.06. The van der Waals surface area contributed by atoms with Gasteiger partial charge in [-0.05, 0) is 39.0 Å². The number of nitrogens with one attached hydrogen (secondary N) is 1. The predicted molar refractivity (Wildman–Crippen MR) is 65.0 cm³/mol. The van der Waals surface area contributed by atoms with Crippen molar-refractivity contribution in [2.45, 2.75) is 70.9 Å². The summed E-state index contributed by atoms with van der Waals surface area (Å²) < 4.78 is 0. The van der Waals surface area contributed by atoms with Gasteiger partial charge >= 0.3 is 0 Å². The van der Waals surface area contributed by atoms with Crippen LogP contribution in [0.2, 0.25) is 0 Å². The zero-order valence-electron chi connectivity index (χ0n) is 10.6. The third-order valence-corrected chi connectivity index (χ3v) is 3.76. The molecule has 2 heteroatoms. The summed E-state index contributed by atoms with van der Waals surface area (Å²) in [5.74, 6) is 0.513. The molecular formula is C13H27NO. The maximum absolute atomic E-state index is 10.4. The van der Waals surface area contributed by atoms with Crippen molar-refractivity contribution in [1.29, 1.82) is 0 Å². The van der Waals surface area contributed by atoms with Crippen LogP contribution in [-0.2, 0) is 0 Å². The lowest BCUT2D eigenvalue weighted by molar-refractivity contribution is 0.000352. The van der Waals surface area contributed by atoms with Gasteiger partial charge in [-0.25, -0.2) is 0 Å². The summed E-state index contributed by atoms with van der Waals surface area (Å²) >= 11 is 0. The van der Waals surface area contributed by atoms with Crippen molar-refractivity contribution in [3.63, 3.8) is 0 Å². The number of rotatable bonds is 6. The molecule has 15 heavy (non-hydrogen) atoms. The molecule has 0 spiro atoms. The Labute approximate surface area is 94.5 Å². The normalized spacial score (nSPS) is 24.0. The van der Waals surface area contributed by atoms with Crippen molar-refractivity contribution in [3.8, 4) is 0 Å². The van der Waals surface area contributed by atoms with Gasteiger partial charge in [-0.15, -0.1) is 0 Å². The summed E-state index contributed by atoms with van der Waals surface area (Å²) in [7, 11) is 0. The Bertz CT molecular complexity index is 173. The molecule has 1 aliphatic carbocycles.